The SMILES string of the molecule is Cc1nn(-c2c(Cl)cc(Cl)cc2Cl)c2c(=O)n(C)c(Cl)nc12. The maximum Gasteiger partial charge on any atom is 0.280 e. The van der Waals surface area contributed by atoms with Gasteiger partial charge in [-0.2, -0.15) is 5.10 Å². The van der Waals surface area contributed by atoms with Crippen LogP contribution in [0.15, 0.2) is 16.9 Å². The smallest absolute Gasteiger partial charge is 0.280 e. The molecular formula is C13H8Cl4N4O. The molecule has 0 unspecified atom stereocenters. The average molecular weight is 378 g/mol. The van der Waals surface area contributed by atoms with Gasteiger partial charge in [0.1, 0.15) is 11.2 Å². The van der Waals surface area contributed by atoms with E-state index in [1.807, 2.05) is 0 Å². The minimum Gasteiger partial charge on any atom is -0.285 e. The molecule has 0 spiro atoms. The number of benzene rings is 1. The van der Waals surface area contributed by atoms with Crippen molar-refractivity contribution in [2.45, 2.75) is 6.92 Å². The van der Waals surface area contributed by atoms with Crippen LogP contribution in [-0.4, -0.2) is 19.3 Å². The lowest BCUT2D eigenvalue weighted by Crippen LogP contribution is -2.21. The molecule has 114 valence electrons. The highest BCUT2D eigenvalue weighted by Gasteiger charge is 2.20. The summed E-state index contributed by atoms with van der Waals surface area (Å²) < 4.78 is 2.59. The fraction of sp³-hybridized carbons (Fsp3) is 0.154. The van der Waals surface area contributed by atoms with Crippen LogP contribution in [0.4, 0.5) is 0 Å². The summed E-state index contributed by atoms with van der Waals surface area (Å²) in [5, 5.41) is 5.35. The first-order valence-corrected chi connectivity index (χ1v) is 7.59. The maximum absolute atomic E-state index is 12.5. The molecule has 2 heterocycles. The minimum atomic E-state index is -0.349. The van der Waals surface area contributed by atoms with Crippen molar-refractivity contribution >= 4 is 57.4 Å². The maximum atomic E-state index is 12.5. The lowest BCUT2D eigenvalue weighted by molar-refractivity contribution is 0.824. The van der Waals surface area contributed by atoms with Crippen LogP contribution < -0.4 is 5.56 Å². The quantitative estimate of drug-likeness (QED) is 0.601. The van der Waals surface area contributed by atoms with E-state index in [-0.39, 0.29) is 26.4 Å². The molecule has 3 rings (SSSR count). The monoisotopic (exact) mass is 376 g/mol. The van der Waals surface area contributed by atoms with Crippen molar-refractivity contribution in [1.82, 2.24) is 19.3 Å². The zero-order valence-electron chi connectivity index (χ0n) is 11.4. The van der Waals surface area contributed by atoms with Gasteiger partial charge in [0, 0.05) is 12.1 Å². The Bertz CT molecular complexity index is 953. The molecule has 22 heavy (non-hydrogen) atoms. The predicted octanol–water partition coefficient (Wildman–Crippen LogP) is 4.04. The highest BCUT2D eigenvalue weighted by atomic mass is 35.5. The predicted molar refractivity (Wildman–Crippen MR) is 88.9 cm³/mol. The van der Waals surface area contributed by atoms with Crippen molar-refractivity contribution in [3.63, 3.8) is 0 Å². The Balaban J connectivity index is 2.49. The molecule has 5 nitrogen and oxygen atoms in total. The minimum absolute atomic E-state index is 0.0773. The second-order valence-electron chi connectivity index (χ2n) is 4.66. The van der Waals surface area contributed by atoms with E-state index in [0.717, 1.165) is 0 Å². The summed E-state index contributed by atoms with van der Waals surface area (Å²) in [4.78, 5) is 16.7. The number of halogens is 4. The van der Waals surface area contributed by atoms with E-state index in [1.165, 1.54) is 28.4 Å². The van der Waals surface area contributed by atoms with E-state index in [2.05, 4.69) is 10.1 Å². The number of aryl methyl sites for hydroxylation is 1. The molecule has 0 fully saturated rings. The topological polar surface area (TPSA) is 52.7 Å². The summed E-state index contributed by atoms with van der Waals surface area (Å²) >= 11 is 24.3. The van der Waals surface area contributed by atoms with E-state index in [4.69, 9.17) is 46.4 Å². The molecule has 0 radical (unpaired) electrons. The standard InChI is InChI=1S/C13H8Cl4N4O/c1-5-9-11(12(22)20(2)13(17)18-9)21(19-5)10-7(15)3-6(14)4-8(10)16/h3-4H,1-2H3. The van der Waals surface area contributed by atoms with Crippen LogP contribution in [0.2, 0.25) is 20.4 Å². The second-order valence-corrected chi connectivity index (χ2v) is 6.25. The lowest BCUT2D eigenvalue weighted by atomic mass is 10.3. The number of hydrogen-bond donors (Lipinski definition) is 0. The second kappa shape index (κ2) is 5.42. The molecule has 0 saturated carbocycles. The molecule has 3 aromatic rings. The average Bonchev–Trinajstić information content (AvgIpc) is 2.72. The van der Waals surface area contributed by atoms with Crippen molar-refractivity contribution in [2.24, 2.45) is 7.05 Å². The summed E-state index contributed by atoms with van der Waals surface area (Å²) in [6.45, 7) is 1.72. The largest absolute Gasteiger partial charge is 0.285 e. The fourth-order valence-corrected chi connectivity index (χ4v) is 3.29. The van der Waals surface area contributed by atoms with Gasteiger partial charge in [0.05, 0.1) is 15.7 Å². The van der Waals surface area contributed by atoms with E-state index in [9.17, 15) is 4.79 Å². The van der Waals surface area contributed by atoms with Gasteiger partial charge in [-0.15, -0.1) is 0 Å². The Morgan fingerprint density at radius 2 is 1.68 bits per heavy atom. The van der Waals surface area contributed by atoms with Gasteiger partial charge in [-0.05, 0) is 30.7 Å². The van der Waals surface area contributed by atoms with Gasteiger partial charge in [0.15, 0.2) is 5.52 Å². The van der Waals surface area contributed by atoms with Crippen LogP contribution in [0.25, 0.3) is 16.7 Å². The number of fused-ring (bicyclic) bond motifs is 1. The number of hydrogen-bond acceptors (Lipinski definition) is 3. The molecule has 0 aliphatic carbocycles. The Hall–Kier alpha value is -1.27. The molecule has 0 amide bonds. The van der Waals surface area contributed by atoms with Gasteiger partial charge in [0.2, 0.25) is 5.28 Å². The van der Waals surface area contributed by atoms with Crippen LogP contribution in [0.1, 0.15) is 5.69 Å². The van der Waals surface area contributed by atoms with E-state index >= 15 is 0 Å². The van der Waals surface area contributed by atoms with Gasteiger partial charge in [-0.1, -0.05) is 34.8 Å². The van der Waals surface area contributed by atoms with Crippen LogP contribution in [0.3, 0.4) is 0 Å². The van der Waals surface area contributed by atoms with Crippen LogP contribution in [0.5, 0.6) is 0 Å². The molecule has 0 N–H and O–H groups in total. The third-order valence-corrected chi connectivity index (χ3v) is 4.34. The summed E-state index contributed by atoms with van der Waals surface area (Å²) in [6.07, 6.45) is 0. The van der Waals surface area contributed by atoms with Crippen molar-refractivity contribution in [3.05, 3.63) is 48.5 Å². The number of aromatic nitrogens is 4. The first-order chi connectivity index (χ1) is 10.3. The van der Waals surface area contributed by atoms with Crippen molar-refractivity contribution in [1.29, 1.82) is 0 Å². The van der Waals surface area contributed by atoms with Crippen molar-refractivity contribution in [2.75, 3.05) is 0 Å². The van der Waals surface area contributed by atoms with Crippen LogP contribution in [-0.2, 0) is 7.05 Å². The first kappa shape index (κ1) is 15.6. The van der Waals surface area contributed by atoms with Gasteiger partial charge in [-0.25, -0.2) is 9.67 Å². The summed E-state index contributed by atoms with van der Waals surface area (Å²) in [6, 6.07) is 3.06. The lowest BCUT2D eigenvalue weighted by Gasteiger charge is -2.09. The van der Waals surface area contributed by atoms with E-state index in [0.29, 0.717) is 21.9 Å². The van der Waals surface area contributed by atoms with Crippen molar-refractivity contribution < 1.29 is 0 Å². The summed E-state index contributed by atoms with van der Waals surface area (Å²) in [5.41, 5.74) is 1.20. The van der Waals surface area contributed by atoms with Gasteiger partial charge in [-0.3, -0.25) is 9.36 Å². The number of rotatable bonds is 1. The van der Waals surface area contributed by atoms with E-state index in [1.54, 1.807) is 6.92 Å². The zero-order chi connectivity index (χ0) is 16.2. The fourth-order valence-electron chi connectivity index (χ4n) is 2.15. The molecule has 1 aromatic carbocycles. The molecule has 0 atom stereocenters. The first-order valence-electron chi connectivity index (χ1n) is 6.08. The molecule has 0 saturated heterocycles. The summed E-state index contributed by atoms with van der Waals surface area (Å²) in [5.74, 6) is 0. The van der Waals surface area contributed by atoms with Gasteiger partial charge in [0.25, 0.3) is 5.56 Å². The molecular weight excluding hydrogens is 370 g/mol. The third-order valence-electron chi connectivity index (χ3n) is 3.21. The van der Waals surface area contributed by atoms with Gasteiger partial charge < -0.3 is 0 Å². The zero-order valence-corrected chi connectivity index (χ0v) is 14.4. The Morgan fingerprint density at radius 1 is 1.09 bits per heavy atom. The normalized spacial score (nSPS) is 11.4. The Labute approximate surface area is 145 Å². The third kappa shape index (κ3) is 2.29. The Morgan fingerprint density at radius 3 is 2.27 bits per heavy atom. The highest BCUT2D eigenvalue weighted by molar-refractivity contribution is 6.40. The Kier molecular flexibility index (Phi) is 3.85. The summed E-state index contributed by atoms with van der Waals surface area (Å²) in [7, 11) is 1.52. The van der Waals surface area contributed by atoms with Crippen LogP contribution >= 0.6 is 46.4 Å². The van der Waals surface area contributed by atoms with Gasteiger partial charge >= 0.3 is 0 Å². The molecule has 0 bridgehead atoms. The number of nitrogens with zero attached hydrogens (tertiary/aromatic N) is 4. The van der Waals surface area contributed by atoms with E-state index < -0.39 is 0 Å². The van der Waals surface area contributed by atoms with Crippen molar-refractivity contribution in [3.8, 4) is 5.69 Å². The molecule has 9 heteroatoms. The highest BCUT2D eigenvalue weighted by Crippen LogP contribution is 2.33. The molecule has 2 aromatic heterocycles. The molecule has 0 aliphatic rings. The van der Waals surface area contributed by atoms with Crippen LogP contribution in [0, 0.1) is 6.92 Å². The molecule has 0 aliphatic heterocycles.